The average molecular weight is 305 g/mol. The molecule has 1 amide bonds. The van der Waals surface area contributed by atoms with Crippen LogP contribution in [0.1, 0.15) is 12.0 Å². The minimum absolute atomic E-state index is 0.0313. The van der Waals surface area contributed by atoms with Crippen molar-refractivity contribution in [2.45, 2.75) is 18.2 Å². The van der Waals surface area contributed by atoms with E-state index in [-0.39, 0.29) is 24.4 Å². The van der Waals surface area contributed by atoms with Gasteiger partial charge in [-0.25, -0.2) is 4.39 Å². The number of halogens is 2. The van der Waals surface area contributed by atoms with Gasteiger partial charge in [0.1, 0.15) is 5.25 Å². The van der Waals surface area contributed by atoms with Crippen LogP contribution in [0.5, 0.6) is 5.75 Å². The fraction of sp³-hybridized carbons (Fsp3) is 0.417. The lowest BCUT2D eigenvalue weighted by atomic mass is 10.2. The highest BCUT2D eigenvalue weighted by molar-refractivity contribution is 7.87. The molecule has 1 aromatic rings. The predicted molar refractivity (Wildman–Crippen MR) is 66.8 cm³/mol. The molecular formula is C12H13F2NO4S. The second-order valence-corrected chi connectivity index (χ2v) is 6.13. The molecule has 1 atom stereocenters. The van der Waals surface area contributed by atoms with Gasteiger partial charge in [-0.3, -0.25) is 4.79 Å². The summed E-state index contributed by atoms with van der Waals surface area (Å²) in [6, 6.07) is 4.45. The Morgan fingerprint density at radius 1 is 1.45 bits per heavy atom. The average Bonchev–Trinajstić information content (AvgIpc) is 2.73. The van der Waals surface area contributed by atoms with E-state index < -0.39 is 33.6 Å². The van der Waals surface area contributed by atoms with Gasteiger partial charge in [0.05, 0.1) is 7.11 Å². The Morgan fingerprint density at radius 3 is 2.70 bits per heavy atom. The van der Waals surface area contributed by atoms with Crippen LogP contribution in [0.25, 0.3) is 0 Å². The predicted octanol–water partition coefficient (Wildman–Crippen LogP) is 1.23. The molecule has 1 saturated heterocycles. The largest absolute Gasteiger partial charge is 0.494 e. The number of carbonyl (C=O) groups excluding carboxylic acids is 1. The Balaban J connectivity index is 2.17. The maximum absolute atomic E-state index is 13.9. The SMILES string of the molecule is COc1cccc(CN2CC(S(=O)(=O)F)CC2=O)c1F. The number of nitrogens with zero attached hydrogens (tertiary/aromatic N) is 1. The molecule has 1 aliphatic rings. The number of hydrogen-bond acceptors (Lipinski definition) is 4. The Kier molecular flexibility index (Phi) is 3.94. The lowest BCUT2D eigenvalue weighted by molar-refractivity contribution is -0.128. The highest BCUT2D eigenvalue weighted by Gasteiger charge is 2.38. The Hall–Kier alpha value is -1.70. The van der Waals surface area contributed by atoms with Crippen molar-refractivity contribution in [3.63, 3.8) is 0 Å². The van der Waals surface area contributed by atoms with Gasteiger partial charge < -0.3 is 9.64 Å². The summed E-state index contributed by atoms with van der Waals surface area (Å²) >= 11 is 0. The Morgan fingerprint density at radius 2 is 2.15 bits per heavy atom. The molecule has 2 rings (SSSR count). The van der Waals surface area contributed by atoms with Crippen LogP contribution in [0, 0.1) is 5.82 Å². The van der Waals surface area contributed by atoms with Crippen molar-refractivity contribution in [1.29, 1.82) is 0 Å². The maximum atomic E-state index is 13.9. The number of amides is 1. The molecule has 0 spiro atoms. The van der Waals surface area contributed by atoms with Crippen LogP contribution in [0.4, 0.5) is 8.28 Å². The number of likely N-dealkylation sites (tertiary alicyclic amines) is 1. The van der Waals surface area contributed by atoms with Crippen molar-refractivity contribution < 1.29 is 26.2 Å². The summed E-state index contributed by atoms with van der Waals surface area (Å²) in [4.78, 5) is 12.8. The van der Waals surface area contributed by atoms with E-state index in [0.717, 1.165) is 4.90 Å². The van der Waals surface area contributed by atoms with Crippen molar-refractivity contribution in [1.82, 2.24) is 4.90 Å². The van der Waals surface area contributed by atoms with Gasteiger partial charge >= 0.3 is 10.2 Å². The fourth-order valence-electron chi connectivity index (χ4n) is 2.12. The summed E-state index contributed by atoms with van der Waals surface area (Å²) in [5.41, 5.74) is 0.189. The van der Waals surface area contributed by atoms with Crippen LogP contribution < -0.4 is 4.74 Å². The second-order valence-electron chi connectivity index (χ2n) is 4.51. The van der Waals surface area contributed by atoms with Crippen LogP contribution in [-0.4, -0.2) is 38.1 Å². The Labute approximate surface area is 115 Å². The molecule has 0 saturated carbocycles. The topological polar surface area (TPSA) is 63.7 Å². The maximum Gasteiger partial charge on any atom is 0.307 e. The van der Waals surface area contributed by atoms with E-state index in [4.69, 9.17) is 4.74 Å². The van der Waals surface area contributed by atoms with Gasteiger partial charge in [-0.2, -0.15) is 8.42 Å². The molecule has 0 N–H and O–H groups in total. The first kappa shape index (κ1) is 14.7. The van der Waals surface area contributed by atoms with Gasteiger partial charge in [-0.05, 0) is 6.07 Å². The molecule has 1 heterocycles. The van der Waals surface area contributed by atoms with Crippen molar-refractivity contribution in [2.24, 2.45) is 0 Å². The van der Waals surface area contributed by atoms with E-state index in [1.54, 1.807) is 6.07 Å². The van der Waals surface area contributed by atoms with E-state index in [2.05, 4.69) is 0 Å². The standard InChI is InChI=1S/C12H13F2NO4S/c1-19-10-4-2-3-8(12(10)13)6-15-7-9(5-11(15)16)20(14,17)18/h2-4,9H,5-7H2,1H3. The first-order valence-electron chi connectivity index (χ1n) is 5.85. The molecule has 0 aliphatic carbocycles. The molecule has 1 aromatic carbocycles. The molecule has 20 heavy (non-hydrogen) atoms. The zero-order chi connectivity index (χ0) is 14.9. The highest BCUT2D eigenvalue weighted by atomic mass is 32.3. The third-order valence-electron chi connectivity index (χ3n) is 3.20. The number of benzene rings is 1. The molecule has 0 radical (unpaired) electrons. The molecule has 1 unspecified atom stereocenters. The van der Waals surface area contributed by atoms with Gasteiger partial charge in [0.2, 0.25) is 5.91 Å². The summed E-state index contributed by atoms with van der Waals surface area (Å²) in [7, 11) is -3.45. The number of hydrogen-bond donors (Lipinski definition) is 0. The summed E-state index contributed by atoms with van der Waals surface area (Å²) in [6.07, 6.45) is -0.412. The van der Waals surface area contributed by atoms with E-state index in [1.165, 1.54) is 19.2 Å². The third-order valence-corrected chi connectivity index (χ3v) is 4.31. The zero-order valence-electron chi connectivity index (χ0n) is 10.7. The van der Waals surface area contributed by atoms with Crippen LogP contribution in [0.15, 0.2) is 18.2 Å². The zero-order valence-corrected chi connectivity index (χ0v) is 11.5. The summed E-state index contributed by atoms with van der Waals surface area (Å²) < 4.78 is 53.2. The normalized spacial score (nSPS) is 19.4. The molecule has 0 bridgehead atoms. The van der Waals surface area contributed by atoms with Gasteiger partial charge in [0.25, 0.3) is 0 Å². The van der Waals surface area contributed by atoms with Gasteiger partial charge in [-0.15, -0.1) is 3.89 Å². The smallest absolute Gasteiger partial charge is 0.307 e. The van der Waals surface area contributed by atoms with E-state index in [1.807, 2.05) is 0 Å². The minimum Gasteiger partial charge on any atom is -0.494 e. The van der Waals surface area contributed by atoms with Crippen molar-refractivity contribution in [3.8, 4) is 5.75 Å². The first-order valence-corrected chi connectivity index (χ1v) is 7.30. The van der Waals surface area contributed by atoms with Gasteiger partial charge in [0.15, 0.2) is 11.6 Å². The fourth-order valence-corrected chi connectivity index (χ4v) is 2.82. The number of carbonyl (C=O) groups is 1. The lowest BCUT2D eigenvalue weighted by Crippen LogP contribution is -2.27. The van der Waals surface area contributed by atoms with Crippen molar-refractivity contribution >= 4 is 16.1 Å². The van der Waals surface area contributed by atoms with Crippen LogP contribution in [0.2, 0.25) is 0 Å². The van der Waals surface area contributed by atoms with Crippen LogP contribution >= 0.6 is 0 Å². The number of ether oxygens (including phenoxy) is 1. The summed E-state index contributed by atoms with van der Waals surface area (Å²) in [5.74, 6) is -1.10. The first-order chi connectivity index (χ1) is 9.32. The van der Waals surface area contributed by atoms with Crippen LogP contribution in [-0.2, 0) is 21.6 Å². The molecule has 1 aliphatic heterocycles. The minimum atomic E-state index is -4.76. The van der Waals surface area contributed by atoms with Crippen LogP contribution in [0.3, 0.4) is 0 Å². The molecule has 1 fully saturated rings. The second kappa shape index (κ2) is 5.35. The van der Waals surface area contributed by atoms with Crippen molar-refractivity contribution in [3.05, 3.63) is 29.6 Å². The van der Waals surface area contributed by atoms with Crippen molar-refractivity contribution in [2.75, 3.05) is 13.7 Å². The van der Waals surface area contributed by atoms with E-state index in [9.17, 15) is 21.5 Å². The number of methoxy groups -OCH3 is 1. The molecular weight excluding hydrogens is 292 g/mol. The lowest BCUT2D eigenvalue weighted by Gasteiger charge is -2.17. The third kappa shape index (κ3) is 2.90. The van der Waals surface area contributed by atoms with Gasteiger partial charge in [0, 0.05) is 25.1 Å². The molecule has 0 aromatic heterocycles. The quantitative estimate of drug-likeness (QED) is 0.785. The summed E-state index contributed by atoms with van der Waals surface area (Å²) in [6.45, 7) is -0.387. The number of rotatable bonds is 4. The molecule has 110 valence electrons. The molecule has 8 heteroatoms. The van der Waals surface area contributed by atoms with E-state index >= 15 is 0 Å². The molecule has 5 nitrogen and oxygen atoms in total. The van der Waals surface area contributed by atoms with E-state index in [0.29, 0.717) is 0 Å². The monoisotopic (exact) mass is 305 g/mol. The van der Waals surface area contributed by atoms with Gasteiger partial charge in [-0.1, -0.05) is 12.1 Å². The highest BCUT2D eigenvalue weighted by Crippen LogP contribution is 2.25. The summed E-state index contributed by atoms with van der Waals surface area (Å²) in [5, 5.41) is -1.37. The Bertz CT molecular complexity index is 632.